The number of carboxylic acid groups (broad SMARTS) is 1. The molecule has 1 aliphatic heterocycles. The van der Waals surface area contributed by atoms with Crippen molar-refractivity contribution < 1.29 is 9.90 Å². The van der Waals surface area contributed by atoms with E-state index in [4.69, 9.17) is 11.6 Å². The van der Waals surface area contributed by atoms with Gasteiger partial charge in [-0.05, 0) is 43.5 Å². The van der Waals surface area contributed by atoms with Crippen molar-refractivity contribution in [3.8, 4) is 0 Å². The van der Waals surface area contributed by atoms with Crippen LogP contribution in [0, 0.1) is 6.92 Å². The third-order valence-corrected chi connectivity index (χ3v) is 5.27. The van der Waals surface area contributed by atoms with Gasteiger partial charge in [-0.3, -0.25) is 14.7 Å². The van der Waals surface area contributed by atoms with Gasteiger partial charge >= 0.3 is 5.97 Å². The lowest BCUT2D eigenvalue weighted by molar-refractivity contribution is -0.142. The molecular formula is C16H17ClN2O2S. The van der Waals surface area contributed by atoms with Crippen LogP contribution in [-0.4, -0.2) is 33.5 Å². The summed E-state index contributed by atoms with van der Waals surface area (Å²) in [4.78, 5) is 19.2. The van der Waals surface area contributed by atoms with Gasteiger partial charge in [0.15, 0.2) is 0 Å². The molecule has 0 aliphatic carbocycles. The van der Waals surface area contributed by atoms with Crippen molar-refractivity contribution in [2.75, 3.05) is 6.54 Å². The summed E-state index contributed by atoms with van der Waals surface area (Å²) >= 11 is 7.57. The van der Waals surface area contributed by atoms with Crippen molar-refractivity contribution in [3.63, 3.8) is 0 Å². The second kappa shape index (κ2) is 6.36. The van der Waals surface area contributed by atoms with Crippen LogP contribution in [0.2, 0.25) is 4.34 Å². The molecule has 0 aromatic carbocycles. The van der Waals surface area contributed by atoms with Crippen LogP contribution in [0.3, 0.4) is 0 Å². The van der Waals surface area contributed by atoms with E-state index in [0.29, 0.717) is 10.8 Å². The van der Waals surface area contributed by atoms with Gasteiger partial charge in [0.2, 0.25) is 0 Å². The fourth-order valence-electron chi connectivity index (χ4n) is 2.96. The maximum Gasteiger partial charge on any atom is 0.320 e. The normalized spacial score (nSPS) is 20.2. The number of pyridine rings is 1. The minimum Gasteiger partial charge on any atom is -0.480 e. The van der Waals surface area contributed by atoms with E-state index in [-0.39, 0.29) is 6.04 Å². The second-order valence-corrected chi connectivity index (χ2v) is 7.29. The maximum absolute atomic E-state index is 11.6. The van der Waals surface area contributed by atoms with Gasteiger partial charge in [-0.1, -0.05) is 17.7 Å². The number of hydrogen-bond acceptors (Lipinski definition) is 4. The highest BCUT2D eigenvalue weighted by Gasteiger charge is 2.37. The summed E-state index contributed by atoms with van der Waals surface area (Å²) < 4.78 is 0.707. The fourth-order valence-corrected chi connectivity index (χ4v) is 4.15. The molecule has 1 aliphatic rings. The number of carbonyl (C=O) groups is 1. The molecule has 0 radical (unpaired) electrons. The molecule has 4 nitrogen and oxygen atoms in total. The lowest BCUT2D eigenvalue weighted by Gasteiger charge is -2.30. The first-order chi connectivity index (χ1) is 10.6. The third kappa shape index (κ3) is 3.02. The summed E-state index contributed by atoms with van der Waals surface area (Å²) in [5, 5.41) is 9.49. The number of carboxylic acids is 1. The van der Waals surface area contributed by atoms with Crippen LogP contribution in [0.25, 0.3) is 0 Å². The molecule has 2 unspecified atom stereocenters. The lowest BCUT2D eigenvalue weighted by atomic mass is 10.1. The standard InChI is InChI=1S/C16H17ClN2O2S/c1-10-4-5-11(18-9-10)15(13-6-7-14(17)22-13)19-8-2-3-12(19)16(20)21/h4-7,9,12,15H,2-3,8H2,1H3,(H,20,21). The van der Waals surface area contributed by atoms with Gasteiger partial charge < -0.3 is 5.11 Å². The second-order valence-electron chi connectivity index (χ2n) is 5.54. The van der Waals surface area contributed by atoms with Gasteiger partial charge in [-0.25, -0.2) is 0 Å². The molecule has 2 aromatic heterocycles. The highest BCUT2D eigenvalue weighted by Crippen LogP contribution is 2.38. The van der Waals surface area contributed by atoms with E-state index in [1.54, 1.807) is 0 Å². The maximum atomic E-state index is 11.6. The Hall–Kier alpha value is -1.43. The van der Waals surface area contributed by atoms with Gasteiger partial charge in [0.1, 0.15) is 6.04 Å². The first kappa shape index (κ1) is 15.5. The van der Waals surface area contributed by atoms with Crippen LogP contribution in [0.15, 0.2) is 30.5 Å². The molecule has 3 heterocycles. The van der Waals surface area contributed by atoms with E-state index < -0.39 is 12.0 Å². The van der Waals surface area contributed by atoms with Crippen molar-refractivity contribution in [1.29, 1.82) is 0 Å². The summed E-state index contributed by atoms with van der Waals surface area (Å²) in [6, 6.07) is 7.20. The fraction of sp³-hybridized carbons (Fsp3) is 0.375. The molecule has 1 N–H and O–H groups in total. The predicted octanol–water partition coefficient (Wildman–Crippen LogP) is 3.74. The largest absolute Gasteiger partial charge is 0.480 e. The van der Waals surface area contributed by atoms with Crippen molar-refractivity contribution in [2.24, 2.45) is 0 Å². The van der Waals surface area contributed by atoms with Gasteiger partial charge in [0.25, 0.3) is 0 Å². The summed E-state index contributed by atoms with van der Waals surface area (Å²) in [5.74, 6) is -0.766. The Morgan fingerprint density at radius 1 is 1.45 bits per heavy atom. The van der Waals surface area contributed by atoms with Crippen LogP contribution in [0.4, 0.5) is 0 Å². The molecule has 1 fully saturated rings. The molecule has 6 heteroatoms. The number of nitrogens with zero attached hydrogens (tertiary/aromatic N) is 2. The summed E-state index contributed by atoms with van der Waals surface area (Å²) in [6.07, 6.45) is 3.39. The number of aromatic nitrogens is 1. The highest BCUT2D eigenvalue weighted by molar-refractivity contribution is 7.16. The zero-order valence-electron chi connectivity index (χ0n) is 12.2. The van der Waals surface area contributed by atoms with Crippen molar-refractivity contribution >= 4 is 28.9 Å². The van der Waals surface area contributed by atoms with Gasteiger partial charge in [0, 0.05) is 17.6 Å². The smallest absolute Gasteiger partial charge is 0.320 e. The minimum absolute atomic E-state index is 0.151. The Morgan fingerprint density at radius 2 is 2.27 bits per heavy atom. The number of hydrogen-bond donors (Lipinski definition) is 1. The molecule has 1 saturated heterocycles. The summed E-state index contributed by atoms with van der Waals surface area (Å²) in [5.41, 5.74) is 1.96. The predicted molar refractivity (Wildman–Crippen MR) is 87.5 cm³/mol. The monoisotopic (exact) mass is 336 g/mol. The van der Waals surface area contributed by atoms with Crippen molar-refractivity contribution in [3.05, 3.63) is 50.9 Å². The van der Waals surface area contributed by atoms with E-state index in [0.717, 1.165) is 29.1 Å². The molecule has 22 heavy (non-hydrogen) atoms. The number of aliphatic carboxylic acids is 1. The molecule has 116 valence electrons. The Labute approximate surface area is 138 Å². The highest BCUT2D eigenvalue weighted by atomic mass is 35.5. The van der Waals surface area contributed by atoms with Gasteiger partial charge in [0.05, 0.1) is 16.1 Å². The average molecular weight is 337 g/mol. The lowest BCUT2D eigenvalue weighted by Crippen LogP contribution is -2.39. The molecule has 2 atom stereocenters. The molecule has 0 amide bonds. The SMILES string of the molecule is Cc1ccc(C(c2ccc(Cl)s2)N2CCCC2C(=O)O)nc1. The van der Waals surface area contributed by atoms with E-state index in [9.17, 15) is 9.90 Å². The molecule has 0 bridgehead atoms. The summed E-state index contributed by atoms with van der Waals surface area (Å²) in [7, 11) is 0. The Bertz CT molecular complexity index is 671. The third-order valence-electron chi connectivity index (χ3n) is 3.99. The van der Waals surface area contributed by atoms with Gasteiger partial charge in [-0.15, -0.1) is 11.3 Å². The van der Waals surface area contributed by atoms with Crippen LogP contribution >= 0.6 is 22.9 Å². The average Bonchev–Trinajstić information content (AvgIpc) is 3.11. The minimum atomic E-state index is -0.766. The Kier molecular flexibility index (Phi) is 4.47. The number of thiophene rings is 1. The van der Waals surface area contributed by atoms with Crippen molar-refractivity contribution in [2.45, 2.75) is 31.8 Å². The summed E-state index contributed by atoms with van der Waals surface area (Å²) in [6.45, 7) is 2.75. The molecule has 2 aromatic rings. The Morgan fingerprint density at radius 3 is 2.86 bits per heavy atom. The van der Waals surface area contributed by atoms with E-state index >= 15 is 0 Å². The number of likely N-dealkylation sites (tertiary alicyclic amines) is 1. The van der Waals surface area contributed by atoms with Gasteiger partial charge in [-0.2, -0.15) is 0 Å². The molecule has 3 rings (SSSR count). The Balaban J connectivity index is 2.03. The van der Waals surface area contributed by atoms with Crippen LogP contribution in [0.5, 0.6) is 0 Å². The number of halogens is 1. The molecule has 0 spiro atoms. The quantitative estimate of drug-likeness (QED) is 0.924. The van der Waals surface area contributed by atoms with Crippen LogP contribution in [0.1, 0.15) is 35.0 Å². The zero-order chi connectivity index (χ0) is 15.7. The van der Waals surface area contributed by atoms with E-state index in [1.165, 1.54) is 11.3 Å². The zero-order valence-corrected chi connectivity index (χ0v) is 13.8. The van der Waals surface area contributed by atoms with E-state index in [2.05, 4.69) is 4.98 Å². The topological polar surface area (TPSA) is 53.4 Å². The van der Waals surface area contributed by atoms with E-state index in [1.807, 2.05) is 42.3 Å². The van der Waals surface area contributed by atoms with Crippen molar-refractivity contribution in [1.82, 2.24) is 9.88 Å². The molecular weight excluding hydrogens is 320 g/mol. The number of aryl methyl sites for hydroxylation is 1. The molecule has 0 saturated carbocycles. The van der Waals surface area contributed by atoms with Crippen LogP contribution in [-0.2, 0) is 4.79 Å². The first-order valence-electron chi connectivity index (χ1n) is 7.22. The first-order valence-corrected chi connectivity index (χ1v) is 8.42. The number of rotatable bonds is 4. The van der Waals surface area contributed by atoms with Crippen LogP contribution < -0.4 is 0 Å².